The van der Waals surface area contributed by atoms with Crippen LogP contribution in [0.15, 0.2) is 42.5 Å². The molecule has 2 unspecified atom stereocenters. The van der Waals surface area contributed by atoms with E-state index in [1.807, 2.05) is 41.3 Å². The highest BCUT2D eigenvalue weighted by Gasteiger charge is 2.23. The summed E-state index contributed by atoms with van der Waals surface area (Å²) in [6.07, 6.45) is 4.93. The molecule has 0 aliphatic carbocycles. The fraction of sp³-hybridized carbons (Fsp3) is 0.517. The second-order valence-electron chi connectivity index (χ2n) is 9.72. The molecule has 0 radical (unpaired) electrons. The Morgan fingerprint density at radius 1 is 1.18 bits per heavy atom. The Morgan fingerprint density at radius 2 is 1.97 bits per heavy atom. The Hall–Kier alpha value is -2.81. The van der Waals surface area contributed by atoms with Crippen molar-refractivity contribution in [1.82, 2.24) is 15.5 Å². The lowest BCUT2D eigenvalue weighted by Gasteiger charge is -2.30. The van der Waals surface area contributed by atoms with Gasteiger partial charge >= 0.3 is 0 Å². The second kappa shape index (κ2) is 15.6. The van der Waals surface area contributed by atoms with Crippen molar-refractivity contribution >= 4 is 29.1 Å². The number of anilines is 1. The molecule has 0 spiro atoms. The summed E-state index contributed by atoms with van der Waals surface area (Å²) in [5.74, 6) is 0.366. The summed E-state index contributed by atoms with van der Waals surface area (Å²) in [7, 11) is 0. The molecular weight excluding hydrogens is 504 g/mol. The third-order valence-corrected chi connectivity index (χ3v) is 7.03. The molecule has 9 heteroatoms. The van der Waals surface area contributed by atoms with Gasteiger partial charge in [0.15, 0.2) is 12.4 Å². The van der Waals surface area contributed by atoms with E-state index in [4.69, 9.17) is 16.3 Å². The maximum atomic E-state index is 13.1. The predicted octanol–water partition coefficient (Wildman–Crippen LogP) is 4.05. The van der Waals surface area contributed by atoms with Gasteiger partial charge in [-0.3, -0.25) is 9.59 Å². The topological polar surface area (TPSA) is 103 Å². The number of hydrogen-bond acceptors (Lipinski definition) is 6. The summed E-state index contributed by atoms with van der Waals surface area (Å²) < 4.78 is 5.56. The average Bonchev–Trinajstić information content (AvgIpc) is 2.91. The van der Waals surface area contributed by atoms with Crippen molar-refractivity contribution in [1.29, 1.82) is 0 Å². The van der Waals surface area contributed by atoms with Crippen LogP contribution in [0.1, 0.15) is 50.7 Å². The first-order valence-corrected chi connectivity index (χ1v) is 14.0. The number of amides is 2. The number of ether oxygens (including phenoxy) is 1. The number of nitrogens with zero attached hydrogens (tertiary/aromatic N) is 1. The number of nitrogens with one attached hydrogen (secondary N) is 3. The molecular formula is C29H41ClN4O4. The van der Waals surface area contributed by atoms with E-state index in [0.29, 0.717) is 56.9 Å². The Balaban J connectivity index is 1.45. The van der Waals surface area contributed by atoms with E-state index in [9.17, 15) is 14.7 Å². The van der Waals surface area contributed by atoms with Gasteiger partial charge in [0, 0.05) is 38.5 Å². The number of alkyl halides is 1. The SMILES string of the molecule is CCCCC(C)N(CCNCCc1ccc(O)c2c1OCC(=O)N2)C(=O)CCNC(Cl)Cc1ccccc1. The molecule has 0 saturated heterocycles. The molecule has 208 valence electrons. The molecule has 1 aliphatic heterocycles. The first-order valence-electron chi connectivity index (χ1n) is 13.6. The number of hydrogen-bond donors (Lipinski definition) is 4. The molecule has 1 heterocycles. The number of halogens is 1. The van der Waals surface area contributed by atoms with Crippen molar-refractivity contribution in [3.63, 3.8) is 0 Å². The maximum Gasteiger partial charge on any atom is 0.262 e. The molecule has 0 fully saturated rings. The van der Waals surface area contributed by atoms with Gasteiger partial charge in [0.2, 0.25) is 5.91 Å². The third kappa shape index (κ3) is 9.19. The van der Waals surface area contributed by atoms with Gasteiger partial charge in [-0.25, -0.2) is 0 Å². The zero-order valence-corrected chi connectivity index (χ0v) is 23.2. The normalized spacial score (nSPS) is 14.2. The molecule has 0 saturated carbocycles. The van der Waals surface area contributed by atoms with E-state index in [1.54, 1.807) is 6.07 Å². The molecule has 2 amide bonds. The number of carbonyl (C=O) groups excluding carboxylic acids is 2. The highest BCUT2D eigenvalue weighted by Crippen LogP contribution is 2.39. The van der Waals surface area contributed by atoms with Crippen LogP contribution in [0.3, 0.4) is 0 Å². The van der Waals surface area contributed by atoms with E-state index in [-0.39, 0.29) is 35.7 Å². The van der Waals surface area contributed by atoms with E-state index in [1.165, 1.54) is 0 Å². The number of aromatic hydroxyl groups is 1. The molecule has 2 aromatic rings. The van der Waals surface area contributed by atoms with E-state index >= 15 is 0 Å². The highest BCUT2D eigenvalue weighted by atomic mass is 35.5. The van der Waals surface area contributed by atoms with Gasteiger partial charge in [-0.05, 0) is 43.5 Å². The van der Waals surface area contributed by atoms with Crippen LogP contribution in [0.2, 0.25) is 0 Å². The van der Waals surface area contributed by atoms with Gasteiger partial charge in [0.05, 0.1) is 5.50 Å². The first-order chi connectivity index (χ1) is 18.4. The van der Waals surface area contributed by atoms with Gasteiger partial charge in [0.25, 0.3) is 5.91 Å². The van der Waals surface area contributed by atoms with Crippen LogP contribution in [-0.4, -0.2) is 66.1 Å². The highest BCUT2D eigenvalue weighted by molar-refractivity contribution is 6.20. The van der Waals surface area contributed by atoms with Crippen LogP contribution >= 0.6 is 11.6 Å². The number of carbonyl (C=O) groups is 2. The standard InChI is InChI=1S/C29H41ClN4O4/c1-3-4-8-21(2)34(27(37)14-16-32-25(30)19-22-9-6-5-7-10-22)18-17-31-15-13-23-11-12-24(35)28-29(23)38-20-26(36)33-28/h5-7,9-12,21,25,31-32,35H,3-4,8,13-20H2,1-2H3,(H,33,36). The third-order valence-electron chi connectivity index (χ3n) is 6.72. The zero-order valence-electron chi connectivity index (χ0n) is 22.5. The van der Waals surface area contributed by atoms with Crippen LogP contribution < -0.4 is 20.7 Å². The lowest BCUT2D eigenvalue weighted by molar-refractivity contribution is -0.133. The van der Waals surface area contributed by atoms with E-state index < -0.39 is 0 Å². The molecule has 2 atom stereocenters. The van der Waals surface area contributed by atoms with Gasteiger partial charge < -0.3 is 30.7 Å². The molecule has 4 N–H and O–H groups in total. The van der Waals surface area contributed by atoms with Crippen LogP contribution in [0.4, 0.5) is 5.69 Å². The minimum absolute atomic E-state index is 0.00461. The van der Waals surface area contributed by atoms with Crippen LogP contribution in [0.25, 0.3) is 0 Å². The zero-order chi connectivity index (χ0) is 27.3. The summed E-state index contributed by atoms with van der Waals surface area (Å²) in [6, 6.07) is 13.6. The quantitative estimate of drug-likeness (QED) is 0.110. The molecule has 1 aliphatic rings. The van der Waals surface area contributed by atoms with E-state index in [2.05, 4.69) is 29.8 Å². The number of unbranched alkanes of at least 4 members (excludes halogenated alkanes) is 1. The van der Waals surface area contributed by atoms with Crippen molar-refractivity contribution in [2.45, 2.75) is 63.9 Å². The summed E-state index contributed by atoms with van der Waals surface area (Å²) >= 11 is 6.45. The summed E-state index contributed by atoms with van der Waals surface area (Å²) in [6.45, 7) is 6.72. The van der Waals surface area contributed by atoms with Crippen molar-refractivity contribution in [3.05, 3.63) is 53.6 Å². The average molecular weight is 545 g/mol. The lowest BCUT2D eigenvalue weighted by Crippen LogP contribution is -2.44. The van der Waals surface area contributed by atoms with Crippen LogP contribution in [-0.2, 0) is 22.4 Å². The fourth-order valence-electron chi connectivity index (χ4n) is 4.58. The summed E-state index contributed by atoms with van der Waals surface area (Å²) in [4.78, 5) is 26.7. The molecule has 2 aromatic carbocycles. The summed E-state index contributed by atoms with van der Waals surface area (Å²) in [5.41, 5.74) is 2.18. The molecule has 8 nitrogen and oxygen atoms in total. The van der Waals surface area contributed by atoms with Gasteiger partial charge in [-0.1, -0.05) is 56.2 Å². The largest absolute Gasteiger partial charge is 0.506 e. The number of phenolic OH excluding ortho intramolecular Hbond substituents is 1. The predicted molar refractivity (Wildman–Crippen MR) is 152 cm³/mol. The number of benzene rings is 2. The van der Waals surface area contributed by atoms with Gasteiger partial charge in [-0.15, -0.1) is 11.6 Å². The van der Waals surface area contributed by atoms with Crippen molar-refractivity contribution in [2.24, 2.45) is 0 Å². The lowest BCUT2D eigenvalue weighted by atomic mass is 10.1. The van der Waals surface area contributed by atoms with E-state index in [0.717, 1.165) is 30.4 Å². The first kappa shape index (κ1) is 29.7. The van der Waals surface area contributed by atoms with Crippen LogP contribution in [0, 0.1) is 0 Å². The van der Waals surface area contributed by atoms with Crippen molar-refractivity contribution in [3.8, 4) is 11.5 Å². The Morgan fingerprint density at radius 3 is 2.74 bits per heavy atom. The summed E-state index contributed by atoms with van der Waals surface area (Å²) in [5, 5.41) is 19.4. The minimum atomic E-state index is -0.280. The van der Waals surface area contributed by atoms with Crippen LogP contribution in [0.5, 0.6) is 11.5 Å². The smallest absolute Gasteiger partial charge is 0.262 e. The van der Waals surface area contributed by atoms with Crippen molar-refractivity contribution in [2.75, 3.05) is 38.1 Å². The monoisotopic (exact) mass is 544 g/mol. The minimum Gasteiger partial charge on any atom is -0.506 e. The second-order valence-corrected chi connectivity index (χ2v) is 10.3. The Kier molecular flexibility index (Phi) is 12.2. The van der Waals surface area contributed by atoms with Crippen molar-refractivity contribution < 1.29 is 19.4 Å². The molecule has 38 heavy (non-hydrogen) atoms. The fourth-order valence-corrected chi connectivity index (χ4v) is 4.86. The molecule has 0 bridgehead atoms. The number of phenols is 1. The number of fused-ring (bicyclic) bond motifs is 1. The van der Waals surface area contributed by atoms with Gasteiger partial charge in [0.1, 0.15) is 11.4 Å². The Bertz CT molecular complexity index is 1040. The molecule has 3 rings (SSSR count). The Labute approximate surface area is 231 Å². The number of rotatable bonds is 16. The molecule has 0 aromatic heterocycles. The maximum absolute atomic E-state index is 13.1. The van der Waals surface area contributed by atoms with Gasteiger partial charge in [-0.2, -0.15) is 0 Å².